The number of hydrogen-bond acceptors (Lipinski definition) is 4. The standard InChI is InChI=1S/C26H40N2O2/c1-3-5-7-11-14-22-17-18-23(25(21-28)24(22)20-27)15-12-9-8-10-13-16-26(29)30-19-6-4-2/h11,14,17-18,22-25H,3-10,12-13,15-16,19H2,1-2H3/b14-11-. The Kier molecular flexibility index (Phi) is 14.5. The number of allylic oxidation sites excluding steroid dienone is 4. The minimum atomic E-state index is -0.249. The molecule has 1 aliphatic rings. The summed E-state index contributed by atoms with van der Waals surface area (Å²) in [6, 6.07) is 4.83. The van der Waals surface area contributed by atoms with Crippen LogP contribution in [0.25, 0.3) is 0 Å². The van der Waals surface area contributed by atoms with Crippen LogP contribution in [0.5, 0.6) is 0 Å². The number of rotatable bonds is 15. The predicted octanol–water partition coefficient (Wildman–Crippen LogP) is 6.89. The van der Waals surface area contributed by atoms with Crippen molar-refractivity contribution in [3.05, 3.63) is 24.3 Å². The first-order valence-electron chi connectivity index (χ1n) is 12.0. The van der Waals surface area contributed by atoms with Crippen LogP contribution in [0, 0.1) is 46.3 Å². The van der Waals surface area contributed by atoms with E-state index < -0.39 is 0 Å². The van der Waals surface area contributed by atoms with Crippen molar-refractivity contribution in [2.45, 2.75) is 90.9 Å². The van der Waals surface area contributed by atoms with Gasteiger partial charge >= 0.3 is 5.97 Å². The zero-order chi connectivity index (χ0) is 22.0. The number of nitrogens with zero attached hydrogens (tertiary/aromatic N) is 2. The molecule has 0 aromatic heterocycles. The molecule has 0 fully saturated rings. The largest absolute Gasteiger partial charge is 0.466 e. The molecule has 1 rings (SSSR count). The number of ether oxygens (including phenoxy) is 1. The molecule has 0 heterocycles. The first-order valence-corrected chi connectivity index (χ1v) is 12.0. The third-order valence-electron chi connectivity index (χ3n) is 5.90. The summed E-state index contributed by atoms with van der Waals surface area (Å²) in [6.45, 7) is 4.80. The number of hydrogen-bond donors (Lipinski definition) is 0. The first kappa shape index (κ1) is 26.0. The fraction of sp³-hybridized carbons (Fsp3) is 0.731. The normalized spacial score (nSPS) is 23.2. The second kappa shape index (κ2) is 16.7. The van der Waals surface area contributed by atoms with Gasteiger partial charge in [0.25, 0.3) is 0 Å². The average Bonchev–Trinajstić information content (AvgIpc) is 2.76. The third kappa shape index (κ3) is 10.1. The molecule has 0 aromatic rings. The topological polar surface area (TPSA) is 73.9 Å². The maximum atomic E-state index is 11.6. The Balaban J connectivity index is 2.31. The number of carbonyl (C=O) groups excluding carboxylic acids is 1. The molecule has 30 heavy (non-hydrogen) atoms. The molecule has 4 heteroatoms. The van der Waals surface area contributed by atoms with E-state index in [1.807, 2.05) is 0 Å². The summed E-state index contributed by atoms with van der Waals surface area (Å²) < 4.78 is 5.17. The van der Waals surface area contributed by atoms with Crippen molar-refractivity contribution in [3.63, 3.8) is 0 Å². The SMILES string of the molecule is CCCC/C=C\C1C=CC(CCCCCCCC(=O)OCCCC)C(C#N)C1C#N. The number of nitriles is 2. The average molecular weight is 413 g/mol. The second-order valence-electron chi connectivity index (χ2n) is 8.39. The summed E-state index contributed by atoms with van der Waals surface area (Å²) in [5, 5.41) is 19.3. The van der Waals surface area contributed by atoms with Crippen molar-refractivity contribution in [1.29, 1.82) is 10.5 Å². The summed E-state index contributed by atoms with van der Waals surface area (Å²) in [7, 11) is 0. The Hall–Kier alpha value is -2.07. The zero-order valence-electron chi connectivity index (χ0n) is 19.0. The molecule has 0 amide bonds. The van der Waals surface area contributed by atoms with Crippen LogP contribution in [-0.4, -0.2) is 12.6 Å². The Labute approximate surface area is 184 Å². The molecular formula is C26H40N2O2. The van der Waals surface area contributed by atoms with E-state index in [1.165, 1.54) is 6.42 Å². The van der Waals surface area contributed by atoms with Gasteiger partial charge in [-0.1, -0.05) is 83.1 Å². The van der Waals surface area contributed by atoms with Gasteiger partial charge in [-0.3, -0.25) is 4.79 Å². The van der Waals surface area contributed by atoms with Crippen molar-refractivity contribution in [2.24, 2.45) is 23.7 Å². The minimum Gasteiger partial charge on any atom is -0.466 e. The number of esters is 1. The van der Waals surface area contributed by atoms with Gasteiger partial charge in [-0.15, -0.1) is 0 Å². The monoisotopic (exact) mass is 412 g/mol. The molecule has 4 unspecified atom stereocenters. The van der Waals surface area contributed by atoms with E-state index in [0.29, 0.717) is 13.0 Å². The Morgan fingerprint density at radius 3 is 2.33 bits per heavy atom. The lowest BCUT2D eigenvalue weighted by atomic mass is 9.70. The predicted molar refractivity (Wildman–Crippen MR) is 121 cm³/mol. The first-order chi connectivity index (χ1) is 14.7. The third-order valence-corrected chi connectivity index (χ3v) is 5.90. The molecule has 0 bridgehead atoms. The highest BCUT2D eigenvalue weighted by molar-refractivity contribution is 5.69. The van der Waals surface area contributed by atoms with E-state index in [9.17, 15) is 15.3 Å². The summed E-state index contributed by atoms with van der Waals surface area (Å²) in [4.78, 5) is 11.6. The zero-order valence-corrected chi connectivity index (χ0v) is 19.0. The fourth-order valence-electron chi connectivity index (χ4n) is 3.98. The van der Waals surface area contributed by atoms with Crippen molar-refractivity contribution >= 4 is 5.97 Å². The molecule has 0 saturated carbocycles. The van der Waals surface area contributed by atoms with Gasteiger partial charge in [0.15, 0.2) is 0 Å². The summed E-state index contributed by atoms with van der Waals surface area (Å²) in [5.41, 5.74) is 0. The smallest absolute Gasteiger partial charge is 0.305 e. The van der Waals surface area contributed by atoms with Crippen molar-refractivity contribution < 1.29 is 9.53 Å². The maximum Gasteiger partial charge on any atom is 0.305 e. The molecule has 4 nitrogen and oxygen atoms in total. The van der Waals surface area contributed by atoms with Crippen LogP contribution in [0.2, 0.25) is 0 Å². The lowest BCUT2D eigenvalue weighted by Crippen LogP contribution is -2.29. The molecule has 0 aromatic carbocycles. The molecule has 4 atom stereocenters. The van der Waals surface area contributed by atoms with Crippen molar-refractivity contribution in [2.75, 3.05) is 6.61 Å². The van der Waals surface area contributed by atoms with E-state index in [1.54, 1.807) is 0 Å². The Morgan fingerprint density at radius 2 is 1.63 bits per heavy atom. The molecular weight excluding hydrogens is 372 g/mol. The van der Waals surface area contributed by atoms with E-state index in [-0.39, 0.29) is 29.6 Å². The lowest BCUT2D eigenvalue weighted by Gasteiger charge is -2.30. The molecule has 0 saturated heterocycles. The second-order valence-corrected chi connectivity index (χ2v) is 8.39. The molecule has 0 radical (unpaired) electrons. The minimum absolute atomic E-state index is 0.0600. The highest BCUT2D eigenvalue weighted by Gasteiger charge is 2.35. The van der Waals surface area contributed by atoms with Crippen molar-refractivity contribution in [3.8, 4) is 12.1 Å². The Bertz CT molecular complexity index is 612. The van der Waals surface area contributed by atoms with Gasteiger partial charge in [0.2, 0.25) is 0 Å². The highest BCUT2D eigenvalue weighted by atomic mass is 16.5. The van der Waals surface area contributed by atoms with E-state index >= 15 is 0 Å². The molecule has 166 valence electrons. The lowest BCUT2D eigenvalue weighted by molar-refractivity contribution is -0.143. The van der Waals surface area contributed by atoms with Crippen LogP contribution in [0.15, 0.2) is 24.3 Å². The fourth-order valence-corrected chi connectivity index (χ4v) is 3.98. The van der Waals surface area contributed by atoms with Gasteiger partial charge in [0.05, 0.1) is 30.6 Å². The van der Waals surface area contributed by atoms with E-state index in [2.05, 4.69) is 50.3 Å². The Morgan fingerprint density at radius 1 is 0.933 bits per heavy atom. The number of unbranched alkanes of at least 4 members (excludes halogenated alkanes) is 7. The van der Waals surface area contributed by atoms with Gasteiger partial charge in [-0.2, -0.15) is 10.5 Å². The summed E-state index contributed by atoms with van der Waals surface area (Å²) in [6.07, 6.45) is 20.6. The number of carbonyl (C=O) groups is 1. The molecule has 0 aliphatic heterocycles. The van der Waals surface area contributed by atoms with Crippen LogP contribution in [0.1, 0.15) is 90.9 Å². The molecule has 0 N–H and O–H groups in total. The maximum absolute atomic E-state index is 11.6. The van der Waals surface area contributed by atoms with Crippen LogP contribution in [-0.2, 0) is 9.53 Å². The van der Waals surface area contributed by atoms with Gasteiger partial charge < -0.3 is 4.74 Å². The summed E-state index contributed by atoms with van der Waals surface area (Å²) >= 11 is 0. The van der Waals surface area contributed by atoms with Crippen molar-refractivity contribution in [1.82, 2.24) is 0 Å². The van der Waals surface area contributed by atoms with Gasteiger partial charge in [0.1, 0.15) is 0 Å². The quantitative estimate of drug-likeness (QED) is 0.167. The highest BCUT2D eigenvalue weighted by Crippen LogP contribution is 2.37. The van der Waals surface area contributed by atoms with Crippen LogP contribution in [0.4, 0.5) is 0 Å². The van der Waals surface area contributed by atoms with Crippen LogP contribution < -0.4 is 0 Å². The van der Waals surface area contributed by atoms with Gasteiger partial charge in [-0.25, -0.2) is 0 Å². The molecule has 0 spiro atoms. The van der Waals surface area contributed by atoms with Gasteiger partial charge in [0, 0.05) is 12.3 Å². The van der Waals surface area contributed by atoms with Gasteiger partial charge in [-0.05, 0) is 31.6 Å². The summed E-state index contributed by atoms with van der Waals surface area (Å²) in [5.74, 6) is -0.313. The van der Waals surface area contributed by atoms with E-state index in [0.717, 1.165) is 64.2 Å². The van der Waals surface area contributed by atoms with E-state index in [4.69, 9.17) is 4.74 Å². The van der Waals surface area contributed by atoms with Crippen LogP contribution >= 0.6 is 0 Å². The van der Waals surface area contributed by atoms with Crippen LogP contribution in [0.3, 0.4) is 0 Å². The molecule has 1 aliphatic carbocycles.